The Morgan fingerprint density at radius 3 is 2.47 bits per heavy atom. The zero-order chi connectivity index (χ0) is 14.2. The Kier molecular flexibility index (Phi) is 3.54. The summed E-state index contributed by atoms with van der Waals surface area (Å²) in [5.74, 6) is 1.48. The van der Waals surface area contributed by atoms with Crippen molar-refractivity contribution in [1.82, 2.24) is 10.1 Å². The third-order valence-electron chi connectivity index (χ3n) is 2.95. The van der Waals surface area contributed by atoms with Gasteiger partial charge in [0.05, 0.1) is 5.02 Å². The standard InChI is InChI=1S/C14H18ClN3O/c1-8-13(9(2)19-18-8)17-12-6-10(14(3,4)5)11(15)7-16-12/h6-7H,1-5H3,(H,16,17). The first-order valence-electron chi connectivity index (χ1n) is 6.15. The topological polar surface area (TPSA) is 51.0 Å². The highest BCUT2D eigenvalue weighted by atomic mass is 35.5. The Labute approximate surface area is 118 Å². The fraction of sp³-hybridized carbons (Fsp3) is 0.429. The van der Waals surface area contributed by atoms with Gasteiger partial charge in [-0.1, -0.05) is 37.5 Å². The second kappa shape index (κ2) is 4.85. The lowest BCUT2D eigenvalue weighted by molar-refractivity contribution is 0.393. The maximum absolute atomic E-state index is 6.20. The van der Waals surface area contributed by atoms with Crippen molar-refractivity contribution in [3.8, 4) is 0 Å². The molecule has 0 amide bonds. The number of pyridine rings is 1. The molecule has 4 nitrogen and oxygen atoms in total. The predicted octanol–water partition coefficient (Wildman–Crippen LogP) is 4.38. The zero-order valence-electron chi connectivity index (χ0n) is 11.8. The van der Waals surface area contributed by atoms with Gasteiger partial charge in [-0.05, 0) is 30.9 Å². The lowest BCUT2D eigenvalue weighted by atomic mass is 9.87. The highest BCUT2D eigenvalue weighted by Gasteiger charge is 2.19. The van der Waals surface area contributed by atoms with Crippen molar-refractivity contribution in [2.75, 3.05) is 5.32 Å². The summed E-state index contributed by atoms with van der Waals surface area (Å²) in [7, 11) is 0. The van der Waals surface area contributed by atoms with Crippen molar-refractivity contribution in [2.45, 2.75) is 40.0 Å². The van der Waals surface area contributed by atoms with Crippen LogP contribution >= 0.6 is 11.6 Å². The first kappa shape index (κ1) is 13.9. The van der Waals surface area contributed by atoms with E-state index in [1.54, 1.807) is 6.20 Å². The number of aryl methyl sites for hydroxylation is 2. The van der Waals surface area contributed by atoms with Gasteiger partial charge in [0.1, 0.15) is 17.2 Å². The van der Waals surface area contributed by atoms with Crippen molar-refractivity contribution < 1.29 is 4.52 Å². The average Bonchev–Trinajstić information content (AvgIpc) is 2.62. The fourth-order valence-electron chi connectivity index (χ4n) is 1.87. The lowest BCUT2D eigenvalue weighted by Crippen LogP contribution is -2.12. The van der Waals surface area contributed by atoms with E-state index in [1.807, 2.05) is 19.9 Å². The normalized spacial score (nSPS) is 11.7. The van der Waals surface area contributed by atoms with Gasteiger partial charge in [0.2, 0.25) is 0 Å². The molecule has 0 aliphatic rings. The summed E-state index contributed by atoms with van der Waals surface area (Å²) in [6.07, 6.45) is 1.67. The van der Waals surface area contributed by atoms with Crippen molar-refractivity contribution in [3.63, 3.8) is 0 Å². The quantitative estimate of drug-likeness (QED) is 0.886. The maximum atomic E-state index is 6.20. The molecule has 2 aromatic rings. The molecule has 2 aromatic heterocycles. The summed E-state index contributed by atoms with van der Waals surface area (Å²) in [5.41, 5.74) is 2.69. The smallest absolute Gasteiger partial charge is 0.157 e. The molecule has 5 heteroatoms. The van der Waals surface area contributed by atoms with Gasteiger partial charge in [-0.2, -0.15) is 0 Å². The van der Waals surface area contributed by atoms with Gasteiger partial charge in [-0.25, -0.2) is 4.98 Å². The maximum Gasteiger partial charge on any atom is 0.157 e. The van der Waals surface area contributed by atoms with Crippen LogP contribution in [-0.2, 0) is 5.41 Å². The van der Waals surface area contributed by atoms with Gasteiger partial charge in [-0.15, -0.1) is 0 Å². The van der Waals surface area contributed by atoms with E-state index in [2.05, 4.69) is 36.2 Å². The third kappa shape index (κ3) is 2.89. The minimum absolute atomic E-state index is 0.0326. The molecule has 0 fully saturated rings. The average molecular weight is 280 g/mol. The van der Waals surface area contributed by atoms with Crippen molar-refractivity contribution in [2.24, 2.45) is 0 Å². The molecule has 0 saturated heterocycles. The number of hydrogen-bond donors (Lipinski definition) is 1. The molecule has 102 valence electrons. The minimum Gasteiger partial charge on any atom is -0.359 e. The number of rotatable bonds is 2. The van der Waals surface area contributed by atoms with Gasteiger partial charge in [0.15, 0.2) is 5.76 Å². The summed E-state index contributed by atoms with van der Waals surface area (Å²) >= 11 is 6.20. The van der Waals surface area contributed by atoms with Crippen LogP contribution < -0.4 is 5.32 Å². The van der Waals surface area contributed by atoms with Crippen molar-refractivity contribution in [3.05, 3.63) is 34.3 Å². The molecule has 0 spiro atoms. The van der Waals surface area contributed by atoms with Crippen molar-refractivity contribution in [1.29, 1.82) is 0 Å². The predicted molar refractivity (Wildman–Crippen MR) is 77.2 cm³/mol. The van der Waals surface area contributed by atoms with E-state index in [9.17, 15) is 0 Å². The summed E-state index contributed by atoms with van der Waals surface area (Å²) in [6.45, 7) is 10.1. The number of nitrogens with zero attached hydrogens (tertiary/aromatic N) is 2. The summed E-state index contributed by atoms with van der Waals surface area (Å²) < 4.78 is 5.12. The van der Waals surface area contributed by atoms with Crippen molar-refractivity contribution >= 4 is 23.1 Å². The van der Waals surface area contributed by atoms with Crippen LogP contribution in [0.3, 0.4) is 0 Å². The van der Waals surface area contributed by atoms with Crippen LogP contribution in [0.4, 0.5) is 11.5 Å². The van der Waals surface area contributed by atoms with E-state index < -0.39 is 0 Å². The van der Waals surface area contributed by atoms with E-state index >= 15 is 0 Å². The molecular weight excluding hydrogens is 262 g/mol. The molecule has 0 unspecified atom stereocenters. The molecule has 0 saturated carbocycles. The molecule has 0 aromatic carbocycles. The van der Waals surface area contributed by atoms with Gasteiger partial charge < -0.3 is 9.84 Å². The summed E-state index contributed by atoms with van der Waals surface area (Å²) in [5, 5.41) is 7.82. The SMILES string of the molecule is Cc1noc(C)c1Nc1cc(C(C)(C)C)c(Cl)cn1. The fourth-order valence-corrected chi connectivity index (χ4v) is 2.26. The second-order valence-electron chi connectivity index (χ2n) is 5.62. The van der Waals surface area contributed by atoms with E-state index in [-0.39, 0.29) is 5.41 Å². The molecule has 2 heterocycles. The number of nitrogens with one attached hydrogen (secondary N) is 1. The molecule has 2 rings (SSSR count). The Bertz CT molecular complexity index is 580. The van der Waals surface area contributed by atoms with Gasteiger partial charge in [0, 0.05) is 6.20 Å². The Hall–Kier alpha value is -1.55. The zero-order valence-corrected chi connectivity index (χ0v) is 12.6. The number of anilines is 2. The van der Waals surface area contributed by atoms with Crippen LogP contribution in [0.15, 0.2) is 16.8 Å². The Morgan fingerprint density at radius 2 is 1.95 bits per heavy atom. The van der Waals surface area contributed by atoms with Gasteiger partial charge >= 0.3 is 0 Å². The highest BCUT2D eigenvalue weighted by molar-refractivity contribution is 6.31. The van der Waals surface area contributed by atoms with Gasteiger partial charge in [-0.3, -0.25) is 0 Å². The molecule has 0 radical (unpaired) electrons. The van der Waals surface area contributed by atoms with E-state index in [0.29, 0.717) is 5.02 Å². The first-order valence-corrected chi connectivity index (χ1v) is 6.53. The second-order valence-corrected chi connectivity index (χ2v) is 6.03. The first-order chi connectivity index (χ1) is 8.79. The molecule has 0 bridgehead atoms. The molecule has 1 N–H and O–H groups in total. The lowest BCUT2D eigenvalue weighted by Gasteiger charge is -2.21. The minimum atomic E-state index is -0.0326. The van der Waals surface area contributed by atoms with Gasteiger partial charge in [0.25, 0.3) is 0 Å². The van der Waals surface area contributed by atoms with Crippen LogP contribution in [0.25, 0.3) is 0 Å². The van der Waals surface area contributed by atoms with Crippen LogP contribution in [0, 0.1) is 13.8 Å². The third-order valence-corrected chi connectivity index (χ3v) is 3.25. The van der Waals surface area contributed by atoms with E-state index in [4.69, 9.17) is 16.1 Å². The molecule has 0 aliphatic heterocycles. The molecule has 0 atom stereocenters. The van der Waals surface area contributed by atoms with Crippen LogP contribution in [-0.4, -0.2) is 10.1 Å². The summed E-state index contributed by atoms with van der Waals surface area (Å²) in [4.78, 5) is 4.30. The van der Waals surface area contributed by atoms with E-state index in [0.717, 1.165) is 28.5 Å². The largest absolute Gasteiger partial charge is 0.359 e. The Balaban J connectivity index is 2.37. The number of aromatic nitrogens is 2. The van der Waals surface area contributed by atoms with Crippen LogP contribution in [0.2, 0.25) is 5.02 Å². The number of halogens is 1. The van der Waals surface area contributed by atoms with E-state index in [1.165, 1.54) is 0 Å². The van der Waals surface area contributed by atoms with Crippen LogP contribution in [0.1, 0.15) is 37.8 Å². The molecular formula is C14H18ClN3O. The van der Waals surface area contributed by atoms with Crippen LogP contribution in [0.5, 0.6) is 0 Å². The highest BCUT2D eigenvalue weighted by Crippen LogP contribution is 2.32. The molecule has 19 heavy (non-hydrogen) atoms. The monoisotopic (exact) mass is 279 g/mol. The molecule has 0 aliphatic carbocycles. The Morgan fingerprint density at radius 1 is 1.26 bits per heavy atom. The number of hydrogen-bond acceptors (Lipinski definition) is 4. The summed E-state index contributed by atoms with van der Waals surface area (Å²) in [6, 6.07) is 1.97.